The fourth-order valence-corrected chi connectivity index (χ4v) is 6.32. The zero-order chi connectivity index (χ0) is 12.0. The van der Waals surface area contributed by atoms with Gasteiger partial charge in [-0.15, -0.1) is 0 Å². The van der Waals surface area contributed by atoms with E-state index >= 15 is 0 Å². The monoisotopic (exact) mass is 286 g/mol. The zero-order valence-electron chi connectivity index (χ0n) is 11.4. The van der Waals surface area contributed by atoms with Gasteiger partial charge in [-0.1, -0.05) is 50.0 Å². The van der Waals surface area contributed by atoms with Crippen LogP contribution in [0.15, 0.2) is 0 Å². The van der Waals surface area contributed by atoms with Crippen LogP contribution in [0.3, 0.4) is 0 Å². The molecule has 0 amide bonds. The molecular formula is C15H27Br. The molecule has 0 aliphatic heterocycles. The summed E-state index contributed by atoms with van der Waals surface area (Å²) in [6.45, 7) is 9.94. The third kappa shape index (κ3) is 2.35. The molecular weight excluding hydrogens is 260 g/mol. The Kier molecular flexibility index (Phi) is 3.23. The second-order valence-electron chi connectivity index (χ2n) is 7.96. The van der Waals surface area contributed by atoms with Crippen LogP contribution in [0.5, 0.6) is 0 Å². The third-order valence-corrected chi connectivity index (χ3v) is 5.68. The maximum atomic E-state index is 3.76. The van der Waals surface area contributed by atoms with Gasteiger partial charge in [-0.05, 0) is 54.3 Å². The van der Waals surface area contributed by atoms with Gasteiger partial charge in [0.2, 0.25) is 0 Å². The van der Waals surface area contributed by atoms with Crippen molar-refractivity contribution in [1.29, 1.82) is 0 Å². The van der Waals surface area contributed by atoms with E-state index in [1.165, 1.54) is 43.9 Å². The van der Waals surface area contributed by atoms with Gasteiger partial charge in [0.05, 0.1) is 0 Å². The minimum absolute atomic E-state index is 0.548. The summed E-state index contributed by atoms with van der Waals surface area (Å²) in [5.41, 5.74) is 1.76. The first-order chi connectivity index (χ1) is 7.29. The van der Waals surface area contributed by atoms with E-state index in [0.717, 1.165) is 5.92 Å². The van der Waals surface area contributed by atoms with Gasteiger partial charge in [0.1, 0.15) is 0 Å². The molecule has 1 heteroatoms. The molecule has 0 nitrogen and oxygen atoms in total. The Morgan fingerprint density at radius 2 is 1.56 bits per heavy atom. The number of hydrogen-bond donors (Lipinski definition) is 0. The lowest BCUT2D eigenvalue weighted by molar-refractivity contribution is -0.0209. The lowest BCUT2D eigenvalue weighted by atomic mass is 9.52. The molecule has 1 atom stereocenters. The smallest absolute Gasteiger partial charge is 0.00649 e. The van der Waals surface area contributed by atoms with Crippen molar-refractivity contribution in [2.75, 3.05) is 5.33 Å². The highest BCUT2D eigenvalue weighted by atomic mass is 79.9. The minimum atomic E-state index is 0.548. The summed E-state index contributed by atoms with van der Waals surface area (Å²) in [7, 11) is 0. The van der Waals surface area contributed by atoms with Gasteiger partial charge in [-0.25, -0.2) is 0 Å². The Hall–Kier alpha value is 0.480. The topological polar surface area (TPSA) is 0 Å². The molecule has 2 fully saturated rings. The molecule has 1 spiro atoms. The van der Waals surface area contributed by atoms with Crippen LogP contribution in [0.1, 0.15) is 66.2 Å². The van der Waals surface area contributed by atoms with Crippen LogP contribution in [0.2, 0.25) is 0 Å². The van der Waals surface area contributed by atoms with Crippen LogP contribution in [0, 0.1) is 22.2 Å². The van der Waals surface area contributed by atoms with Gasteiger partial charge in [-0.2, -0.15) is 0 Å². The van der Waals surface area contributed by atoms with Crippen molar-refractivity contribution >= 4 is 15.9 Å². The van der Waals surface area contributed by atoms with Crippen molar-refractivity contribution in [2.45, 2.75) is 66.2 Å². The van der Waals surface area contributed by atoms with Crippen LogP contribution in [0.25, 0.3) is 0 Å². The van der Waals surface area contributed by atoms with Crippen molar-refractivity contribution < 1.29 is 0 Å². The fraction of sp³-hybridized carbons (Fsp3) is 1.00. The average molecular weight is 287 g/mol. The van der Waals surface area contributed by atoms with Gasteiger partial charge in [0.25, 0.3) is 0 Å². The molecule has 2 saturated carbocycles. The summed E-state index contributed by atoms with van der Waals surface area (Å²) in [5, 5.41) is 1.22. The zero-order valence-corrected chi connectivity index (χ0v) is 13.0. The quantitative estimate of drug-likeness (QED) is 0.566. The maximum absolute atomic E-state index is 3.76. The van der Waals surface area contributed by atoms with Crippen LogP contribution in [0.4, 0.5) is 0 Å². The highest BCUT2D eigenvalue weighted by Gasteiger charge is 2.52. The largest absolute Gasteiger partial charge is 0.0925 e. The molecule has 0 radical (unpaired) electrons. The highest BCUT2D eigenvalue weighted by molar-refractivity contribution is 9.09. The maximum Gasteiger partial charge on any atom is 0.00649 e. The molecule has 0 aromatic carbocycles. The predicted molar refractivity (Wildman–Crippen MR) is 75.0 cm³/mol. The van der Waals surface area contributed by atoms with Crippen molar-refractivity contribution in [3.63, 3.8) is 0 Å². The van der Waals surface area contributed by atoms with Gasteiger partial charge >= 0.3 is 0 Å². The van der Waals surface area contributed by atoms with E-state index in [1.54, 1.807) is 0 Å². The van der Waals surface area contributed by atoms with E-state index in [9.17, 15) is 0 Å². The van der Waals surface area contributed by atoms with E-state index in [0.29, 0.717) is 16.2 Å². The normalized spacial score (nSPS) is 35.4. The Morgan fingerprint density at radius 1 is 1.00 bits per heavy atom. The molecule has 0 saturated heterocycles. The number of halogens is 1. The van der Waals surface area contributed by atoms with E-state index in [2.05, 4.69) is 43.6 Å². The van der Waals surface area contributed by atoms with Crippen molar-refractivity contribution in [3.8, 4) is 0 Å². The molecule has 2 aliphatic carbocycles. The lowest BCUT2D eigenvalue weighted by Gasteiger charge is -2.53. The second-order valence-corrected chi connectivity index (χ2v) is 8.61. The van der Waals surface area contributed by atoms with E-state index in [-0.39, 0.29) is 0 Å². The Morgan fingerprint density at radius 3 is 2.06 bits per heavy atom. The minimum Gasteiger partial charge on any atom is -0.0925 e. The summed E-state index contributed by atoms with van der Waals surface area (Å²) < 4.78 is 0. The van der Waals surface area contributed by atoms with E-state index in [4.69, 9.17) is 0 Å². The molecule has 0 bridgehead atoms. The molecule has 0 heterocycles. The molecule has 2 aliphatic rings. The highest BCUT2D eigenvalue weighted by Crippen LogP contribution is 2.62. The predicted octanol–water partition coefficient (Wildman–Crippen LogP) is 5.40. The summed E-state index contributed by atoms with van der Waals surface area (Å²) in [6.07, 6.45) is 8.71. The first-order valence-corrected chi connectivity index (χ1v) is 7.97. The van der Waals surface area contributed by atoms with Crippen molar-refractivity contribution in [1.82, 2.24) is 0 Å². The van der Waals surface area contributed by atoms with Gasteiger partial charge < -0.3 is 0 Å². The Bertz CT molecular complexity index is 249. The van der Waals surface area contributed by atoms with Gasteiger partial charge in [0, 0.05) is 5.33 Å². The molecule has 1 unspecified atom stereocenters. The molecule has 0 aromatic rings. The number of hydrogen-bond acceptors (Lipinski definition) is 0. The Labute approximate surface area is 110 Å². The van der Waals surface area contributed by atoms with E-state index in [1.807, 2.05) is 0 Å². The van der Waals surface area contributed by atoms with Crippen LogP contribution < -0.4 is 0 Å². The van der Waals surface area contributed by atoms with Gasteiger partial charge in [-0.3, -0.25) is 0 Å². The average Bonchev–Trinajstić information content (AvgIpc) is 2.40. The fourth-order valence-electron chi connectivity index (χ4n) is 5.31. The van der Waals surface area contributed by atoms with Gasteiger partial charge in [0.15, 0.2) is 0 Å². The number of alkyl halides is 1. The summed E-state index contributed by atoms with van der Waals surface area (Å²) >= 11 is 3.76. The van der Waals surface area contributed by atoms with Crippen molar-refractivity contribution in [2.24, 2.45) is 22.2 Å². The first-order valence-electron chi connectivity index (χ1n) is 6.85. The van der Waals surface area contributed by atoms with Crippen LogP contribution in [-0.2, 0) is 0 Å². The Balaban J connectivity index is 2.27. The summed E-state index contributed by atoms with van der Waals surface area (Å²) in [6, 6.07) is 0. The first kappa shape index (κ1) is 12.9. The van der Waals surface area contributed by atoms with E-state index < -0.39 is 0 Å². The third-order valence-electron chi connectivity index (χ3n) is 4.90. The SMILES string of the molecule is CC1(C)CC(C)(C)CC2(CCCC2CBr)C1. The standard InChI is InChI=1S/C15H27Br/c1-13(2)9-14(3,4)11-15(10-13)7-5-6-12(15)8-16/h12H,5-11H2,1-4H3. The molecule has 94 valence electrons. The summed E-state index contributed by atoms with van der Waals surface area (Å²) in [5.74, 6) is 0.936. The lowest BCUT2D eigenvalue weighted by Crippen LogP contribution is -2.43. The van der Waals surface area contributed by atoms with Crippen LogP contribution >= 0.6 is 15.9 Å². The second kappa shape index (κ2) is 4.00. The van der Waals surface area contributed by atoms with Crippen LogP contribution in [-0.4, -0.2) is 5.33 Å². The number of rotatable bonds is 1. The van der Waals surface area contributed by atoms with Crippen molar-refractivity contribution in [3.05, 3.63) is 0 Å². The molecule has 16 heavy (non-hydrogen) atoms. The molecule has 0 N–H and O–H groups in total. The summed E-state index contributed by atoms with van der Waals surface area (Å²) in [4.78, 5) is 0. The molecule has 0 aromatic heterocycles. The molecule has 2 rings (SSSR count).